The van der Waals surface area contributed by atoms with Gasteiger partial charge >= 0.3 is 5.97 Å². The minimum atomic E-state index is -0.185. The normalized spacial score (nSPS) is 11.5. The highest BCUT2D eigenvalue weighted by molar-refractivity contribution is 5.71. The fourth-order valence-electron chi connectivity index (χ4n) is 1.46. The molecule has 0 aromatic heterocycles. The maximum Gasteiger partial charge on any atom is 0.308 e. The van der Waals surface area contributed by atoms with Crippen LogP contribution in [0.4, 0.5) is 0 Å². The molecule has 0 saturated carbocycles. The molecule has 0 saturated heterocycles. The number of esters is 1. The van der Waals surface area contributed by atoms with E-state index in [1.807, 2.05) is 19.9 Å². The Bertz CT molecular complexity index is 464. The van der Waals surface area contributed by atoms with Crippen molar-refractivity contribution in [1.29, 1.82) is 5.26 Å². The predicted octanol–water partition coefficient (Wildman–Crippen LogP) is 2.54. The molecule has 1 unspecified atom stereocenters. The number of nitrogens with zero attached hydrogens (tertiary/aromatic N) is 1. The average Bonchev–Trinajstić information content (AvgIpc) is 2.53. The monoisotopic (exact) mass is 291 g/mol. The van der Waals surface area contributed by atoms with Gasteiger partial charge in [0.2, 0.25) is 0 Å². The molecule has 21 heavy (non-hydrogen) atoms. The topological polar surface area (TPSA) is 68.6 Å². The molecule has 0 fully saturated rings. The first kappa shape index (κ1) is 17.0. The summed E-state index contributed by atoms with van der Waals surface area (Å²) in [4.78, 5) is 11.4. The molecule has 0 aliphatic carbocycles. The van der Waals surface area contributed by atoms with Crippen LogP contribution in [0.2, 0.25) is 0 Å². The second-order valence-corrected chi connectivity index (χ2v) is 4.57. The maximum atomic E-state index is 11.4. The molecule has 1 aromatic rings. The second kappa shape index (κ2) is 9.78. The van der Waals surface area contributed by atoms with Crippen LogP contribution < -0.4 is 4.74 Å². The van der Waals surface area contributed by atoms with Gasteiger partial charge in [-0.25, -0.2) is 0 Å². The van der Waals surface area contributed by atoms with E-state index < -0.39 is 0 Å². The second-order valence-electron chi connectivity index (χ2n) is 4.57. The first-order valence-electron chi connectivity index (χ1n) is 7.04. The summed E-state index contributed by atoms with van der Waals surface area (Å²) in [6.45, 7) is 5.24. The number of hydrogen-bond donors (Lipinski definition) is 0. The van der Waals surface area contributed by atoms with E-state index in [9.17, 15) is 4.79 Å². The summed E-state index contributed by atoms with van der Waals surface area (Å²) in [6, 6.07) is 8.93. The van der Waals surface area contributed by atoms with E-state index in [2.05, 4.69) is 0 Å². The Labute approximate surface area is 125 Å². The third-order valence-electron chi connectivity index (χ3n) is 2.97. The zero-order valence-electron chi connectivity index (χ0n) is 12.5. The van der Waals surface area contributed by atoms with Gasteiger partial charge in [-0.1, -0.05) is 13.8 Å². The molecule has 1 aromatic carbocycles. The first-order chi connectivity index (χ1) is 10.2. The minimum Gasteiger partial charge on any atom is -0.491 e. The van der Waals surface area contributed by atoms with Crippen molar-refractivity contribution >= 4 is 5.97 Å². The summed E-state index contributed by atoms with van der Waals surface area (Å²) in [5, 5.41) is 8.67. The van der Waals surface area contributed by atoms with Crippen molar-refractivity contribution in [2.45, 2.75) is 20.3 Å². The van der Waals surface area contributed by atoms with Crippen LogP contribution >= 0.6 is 0 Å². The number of rotatable bonds is 9. The molecule has 5 nitrogen and oxygen atoms in total. The maximum absolute atomic E-state index is 11.4. The average molecular weight is 291 g/mol. The molecule has 1 atom stereocenters. The lowest BCUT2D eigenvalue weighted by Crippen LogP contribution is -2.18. The summed E-state index contributed by atoms with van der Waals surface area (Å²) in [5.74, 6) is 0.445. The largest absolute Gasteiger partial charge is 0.491 e. The standard InChI is InChI=1S/C16H21NO4/c1-3-13(2)16(18)21-11-9-19-8-10-20-15-6-4-14(12-17)5-7-15/h4-7,13H,3,8-11H2,1-2H3. The number of carbonyl (C=O) groups is 1. The lowest BCUT2D eigenvalue weighted by atomic mass is 10.1. The van der Waals surface area contributed by atoms with Gasteiger partial charge in [-0.15, -0.1) is 0 Å². The Morgan fingerprint density at radius 3 is 2.48 bits per heavy atom. The van der Waals surface area contributed by atoms with E-state index in [1.54, 1.807) is 24.3 Å². The molecule has 114 valence electrons. The Kier molecular flexibility index (Phi) is 7.92. The number of benzene rings is 1. The molecular formula is C16H21NO4. The fourth-order valence-corrected chi connectivity index (χ4v) is 1.46. The van der Waals surface area contributed by atoms with Crippen molar-refractivity contribution in [1.82, 2.24) is 0 Å². The van der Waals surface area contributed by atoms with E-state index in [0.29, 0.717) is 31.1 Å². The molecule has 0 aliphatic heterocycles. The number of nitriles is 1. The van der Waals surface area contributed by atoms with E-state index in [0.717, 1.165) is 6.42 Å². The predicted molar refractivity (Wildman–Crippen MR) is 77.9 cm³/mol. The Morgan fingerprint density at radius 2 is 1.86 bits per heavy atom. The third kappa shape index (κ3) is 6.77. The van der Waals surface area contributed by atoms with E-state index >= 15 is 0 Å². The zero-order chi connectivity index (χ0) is 15.5. The van der Waals surface area contributed by atoms with Crippen molar-refractivity contribution < 1.29 is 19.0 Å². The van der Waals surface area contributed by atoms with E-state index in [1.165, 1.54) is 0 Å². The smallest absolute Gasteiger partial charge is 0.308 e. The SMILES string of the molecule is CCC(C)C(=O)OCCOCCOc1ccc(C#N)cc1. The van der Waals surface area contributed by atoms with Crippen LogP contribution in [0.15, 0.2) is 24.3 Å². The van der Waals surface area contributed by atoms with Gasteiger partial charge in [-0.3, -0.25) is 4.79 Å². The lowest BCUT2D eigenvalue weighted by molar-refractivity contribution is -0.149. The van der Waals surface area contributed by atoms with Crippen LogP contribution in [0.1, 0.15) is 25.8 Å². The molecule has 0 spiro atoms. The zero-order valence-corrected chi connectivity index (χ0v) is 12.5. The molecule has 0 bridgehead atoms. The van der Waals surface area contributed by atoms with Crippen molar-refractivity contribution in [3.05, 3.63) is 29.8 Å². The number of hydrogen-bond acceptors (Lipinski definition) is 5. The minimum absolute atomic E-state index is 0.0651. The van der Waals surface area contributed by atoms with Crippen LogP contribution in [-0.2, 0) is 14.3 Å². The molecule has 0 amide bonds. The van der Waals surface area contributed by atoms with Crippen molar-refractivity contribution in [2.24, 2.45) is 5.92 Å². The molecule has 0 N–H and O–H groups in total. The van der Waals surface area contributed by atoms with Gasteiger partial charge < -0.3 is 14.2 Å². The van der Waals surface area contributed by atoms with Gasteiger partial charge in [0.1, 0.15) is 19.0 Å². The van der Waals surface area contributed by atoms with Crippen molar-refractivity contribution in [3.63, 3.8) is 0 Å². The lowest BCUT2D eigenvalue weighted by Gasteiger charge is -2.10. The van der Waals surface area contributed by atoms with Crippen LogP contribution in [-0.4, -0.2) is 32.4 Å². The van der Waals surface area contributed by atoms with Gasteiger partial charge in [0.05, 0.1) is 30.8 Å². The fraction of sp³-hybridized carbons (Fsp3) is 0.500. The molecule has 5 heteroatoms. The van der Waals surface area contributed by atoms with Gasteiger partial charge in [0, 0.05) is 0 Å². The quantitative estimate of drug-likeness (QED) is 0.516. The summed E-state index contributed by atoms with van der Waals surface area (Å²) in [5.41, 5.74) is 0.599. The van der Waals surface area contributed by atoms with Crippen LogP contribution in [0.5, 0.6) is 5.75 Å². The highest BCUT2D eigenvalue weighted by atomic mass is 16.6. The number of ether oxygens (including phenoxy) is 3. The molecule has 0 aliphatic rings. The highest BCUT2D eigenvalue weighted by Crippen LogP contribution is 2.11. The Hall–Kier alpha value is -2.06. The number of carbonyl (C=O) groups excluding carboxylic acids is 1. The van der Waals surface area contributed by atoms with E-state index in [4.69, 9.17) is 19.5 Å². The van der Waals surface area contributed by atoms with Crippen molar-refractivity contribution in [3.8, 4) is 11.8 Å². The summed E-state index contributed by atoms with van der Waals surface area (Å²) in [7, 11) is 0. The summed E-state index contributed by atoms with van der Waals surface area (Å²) < 4.78 is 15.8. The van der Waals surface area contributed by atoms with Crippen LogP contribution in [0.25, 0.3) is 0 Å². The van der Waals surface area contributed by atoms with Crippen LogP contribution in [0.3, 0.4) is 0 Å². The van der Waals surface area contributed by atoms with Gasteiger partial charge in [-0.05, 0) is 30.7 Å². The molecule has 0 radical (unpaired) electrons. The highest BCUT2D eigenvalue weighted by Gasteiger charge is 2.10. The molecule has 1 rings (SSSR count). The molecular weight excluding hydrogens is 270 g/mol. The summed E-state index contributed by atoms with van der Waals surface area (Å²) in [6.07, 6.45) is 0.776. The molecule has 0 heterocycles. The Morgan fingerprint density at radius 1 is 1.19 bits per heavy atom. The Balaban J connectivity index is 2.04. The van der Waals surface area contributed by atoms with E-state index in [-0.39, 0.29) is 18.5 Å². The summed E-state index contributed by atoms with van der Waals surface area (Å²) >= 11 is 0. The first-order valence-corrected chi connectivity index (χ1v) is 7.04. The van der Waals surface area contributed by atoms with Gasteiger partial charge in [-0.2, -0.15) is 5.26 Å². The van der Waals surface area contributed by atoms with Crippen molar-refractivity contribution in [2.75, 3.05) is 26.4 Å². The van der Waals surface area contributed by atoms with Crippen LogP contribution in [0, 0.1) is 17.2 Å². The van der Waals surface area contributed by atoms with Gasteiger partial charge in [0.25, 0.3) is 0 Å². The third-order valence-corrected chi connectivity index (χ3v) is 2.97. The van der Waals surface area contributed by atoms with Gasteiger partial charge in [0.15, 0.2) is 0 Å².